The van der Waals surface area contributed by atoms with E-state index in [1.807, 2.05) is 71.8 Å². The van der Waals surface area contributed by atoms with Crippen LogP contribution in [0.3, 0.4) is 0 Å². The van der Waals surface area contributed by atoms with Crippen molar-refractivity contribution in [3.05, 3.63) is 102 Å². The number of carbonyl (C=O) groups is 2. The molecule has 3 aromatic carbocycles. The van der Waals surface area contributed by atoms with E-state index in [-0.39, 0.29) is 12.5 Å². The number of para-hydroxylation sites is 1. The van der Waals surface area contributed by atoms with Crippen LogP contribution in [-0.2, 0) is 22.6 Å². The minimum Gasteiger partial charge on any atom is -0.484 e. The highest BCUT2D eigenvalue weighted by Crippen LogP contribution is 2.24. The maximum absolute atomic E-state index is 12.8. The number of H-pyrrole nitrogens is 1. The Kier molecular flexibility index (Phi) is 9.30. The summed E-state index contributed by atoms with van der Waals surface area (Å²) in [6, 6.07) is 24.0. The summed E-state index contributed by atoms with van der Waals surface area (Å²) in [5.41, 5.74) is 7.00. The van der Waals surface area contributed by atoms with Crippen molar-refractivity contribution in [1.29, 1.82) is 0 Å². The number of hydrogen-bond donors (Lipinski definition) is 4. The molecule has 5 rings (SSSR count). The Balaban J connectivity index is 1.07. The van der Waals surface area contributed by atoms with Crippen molar-refractivity contribution >= 4 is 34.5 Å². The van der Waals surface area contributed by atoms with E-state index < -0.39 is 5.91 Å². The standard InChI is InChI=1S/C32H35N5O4/c38-31(35-40)13-10-24-6-8-25(9-7-24)21-33-15-14-26-22-34-30-12-11-28(20-29(26)30)41-23-32(39)37-18-16-36(17-19-37)27-4-2-1-3-5-27/h1-13,20,22,33-34,40H,14-19,21,23H2,(H,35,38)/b13-10+. The summed E-state index contributed by atoms with van der Waals surface area (Å²) < 4.78 is 5.92. The third-order valence-corrected chi connectivity index (χ3v) is 7.27. The predicted molar refractivity (Wildman–Crippen MR) is 160 cm³/mol. The summed E-state index contributed by atoms with van der Waals surface area (Å²) in [4.78, 5) is 31.4. The zero-order chi connectivity index (χ0) is 28.4. The Hall–Kier alpha value is -4.60. The third-order valence-electron chi connectivity index (χ3n) is 7.27. The van der Waals surface area contributed by atoms with E-state index in [1.165, 1.54) is 17.3 Å². The number of hydroxylamine groups is 1. The number of aromatic amines is 1. The van der Waals surface area contributed by atoms with Gasteiger partial charge in [-0.25, -0.2) is 5.48 Å². The van der Waals surface area contributed by atoms with Gasteiger partial charge in [-0.1, -0.05) is 42.5 Å². The molecule has 2 heterocycles. The summed E-state index contributed by atoms with van der Waals surface area (Å²) in [7, 11) is 0. The molecule has 2 amide bonds. The number of aromatic nitrogens is 1. The monoisotopic (exact) mass is 553 g/mol. The molecule has 9 nitrogen and oxygen atoms in total. The number of nitrogens with one attached hydrogen (secondary N) is 3. The SMILES string of the molecule is O=C(/C=C/c1ccc(CNCCc2c[nH]c3ccc(OCC(=O)N4CCN(c5ccccc5)CC4)cc23)cc1)NO. The maximum atomic E-state index is 12.8. The van der Waals surface area contributed by atoms with Crippen LogP contribution in [-0.4, -0.2) is 66.2 Å². The quantitative estimate of drug-likeness (QED) is 0.0975. The fourth-order valence-corrected chi connectivity index (χ4v) is 4.95. The van der Waals surface area contributed by atoms with Gasteiger partial charge in [-0.05, 0) is 66.1 Å². The number of carbonyl (C=O) groups excluding carboxylic acids is 2. The van der Waals surface area contributed by atoms with Gasteiger partial charge in [0.05, 0.1) is 0 Å². The first-order valence-corrected chi connectivity index (χ1v) is 13.8. The molecule has 41 heavy (non-hydrogen) atoms. The second-order valence-corrected chi connectivity index (χ2v) is 9.99. The molecule has 9 heteroatoms. The van der Waals surface area contributed by atoms with Crippen molar-refractivity contribution in [3.63, 3.8) is 0 Å². The molecular weight excluding hydrogens is 518 g/mol. The number of anilines is 1. The van der Waals surface area contributed by atoms with Crippen molar-refractivity contribution < 1.29 is 19.5 Å². The molecule has 1 aromatic heterocycles. The van der Waals surface area contributed by atoms with Crippen molar-refractivity contribution in [2.45, 2.75) is 13.0 Å². The van der Waals surface area contributed by atoms with E-state index in [4.69, 9.17) is 9.94 Å². The Bertz CT molecular complexity index is 1480. The number of piperazine rings is 1. The Morgan fingerprint density at radius 1 is 0.976 bits per heavy atom. The van der Waals surface area contributed by atoms with Gasteiger partial charge in [0.15, 0.2) is 6.61 Å². The zero-order valence-electron chi connectivity index (χ0n) is 22.9. The Labute approximate surface area is 239 Å². The van der Waals surface area contributed by atoms with E-state index >= 15 is 0 Å². The highest BCUT2D eigenvalue weighted by Gasteiger charge is 2.21. The molecule has 0 spiro atoms. The van der Waals surface area contributed by atoms with Gasteiger partial charge in [0.1, 0.15) is 5.75 Å². The summed E-state index contributed by atoms with van der Waals surface area (Å²) in [5.74, 6) is 0.137. The van der Waals surface area contributed by atoms with Crippen LogP contribution < -0.4 is 20.4 Å². The number of nitrogens with zero attached hydrogens (tertiary/aromatic N) is 2. The van der Waals surface area contributed by atoms with Crippen LogP contribution in [0.15, 0.2) is 85.1 Å². The average molecular weight is 554 g/mol. The first kappa shape index (κ1) is 27.9. The van der Waals surface area contributed by atoms with Gasteiger partial charge >= 0.3 is 0 Å². The fraction of sp³-hybridized carbons (Fsp3) is 0.250. The van der Waals surface area contributed by atoms with Crippen LogP contribution in [0.5, 0.6) is 5.75 Å². The molecule has 1 aliphatic heterocycles. The smallest absolute Gasteiger partial charge is 0.267 e. The molecule has 0 bridgehead atoms. The molecule has 0 radical (unpaired) electrons. The largest absolute Gasteiger partial charge is 0.484 e. The lowest BCUT2D eigenvalue weighted by molar-refractivity contribution is -0.133. The van der Waals surface area contributed by atoms with Crippen LogP contribution >= 0.6 is 0 Å². The van der Waals surface area contributed by atoms with Crippen LogP contribution in [0.1, 0.15) is 16.7 Å². The second kappa shape index (κ2) is 13.6. The molecule has 4 aromatic rings. The highest BCUT2D eigenvalue weighted by molar-refractivity contribution is 5.90. The Morgan fingerprint density at radius 2 is 1.76 bits per heavy atom. The lowest BCUT2D eigenvalue weighted by Crippen LogP contribution is -2.50. The van der Waals surface area contributed by atoms with Crippen molar-refractivity contribution in [2.75, 3.05) is 44.2 Å². The van der Waals surface area contributed by atoms with E-state index in [2.05, 4.69) is 27.3 Å². The number of benzene rings is 3. The first-order chi connectivity index (χ1) is 20.1. The minimum absolute atomic E-state index is 0.0102. The molecule has 1 fully saturated rings. The summed E-state index contributed by atoms with van der Waals surface area (Å²) in [5, 5.41) is 13.1. The van der Waals surface area contributed by atoms with Gasteiger partial charge < -0.3 is 24.8 Å². The molecule has 0 unspecified atom stereocenters. The van der Waals surface area contributed by atoms with Gasteiger partial charge in [0.2, 0.25) is 0 Å². The van der Waals surface area contributed by atoms with E-state index in [1.54, 1.807) is 11.6 Å². The minimum atomic E-state index is -0.561. The van der Waals surface area contributed by atoms with Crippen molar-refractivity contribution in [3.8, 4) is 5.75 Å². The number of rotatable bonds is 11. The lowest BCUT2D eigenvalue weighted by atomic mass is 10.1. The van der Waals surface area contributed by atoms with Crippen LogP contribution in [0, 0.1) is 0 Å². The Morgan fingerprint density at radius 3 is 2.51 bits per heavy atom. The van der Waals surface area contributed by atoms with Crippen molar-refractivity contribution in [1.82, 2.24) is 20.7 Å². The molecule has 0 aliphatic carbocycles. The maximum Gasteiger partial charge on any atom is 0.267 e. The number of hydrogen-bond acceptors (Lipinski definition) is 6. The van der Waals surface area contributed by atoms with Gasteiger partial charge in [0, 0.05) is 61.6 Å². The van der Waals surface area contributed by atoms with Crippen molar-refractivity contribution in [2.24, 2.45) is 0 Å². The zero-order valence-corrected chi connectivity index (χ0v) is 22.9. The van der Waals surface area contributed by atoms with E-state index in [0.29, 0.717) is 18.8 Å². The van der Waals surface area contributed by atoms with Gasteiger partial charge in [-0.2, -0.15) is 0 Å². The van der Waals surface area contributed by atoms with Gasteiger partial charge in [-0.15, -0.1) is 0 Å². The predicted octanol–water partition coefficient (Wildman–Crippen LogP) is 3.75. The van der Waals surface area contributed by atoms with Crippen LogP contribution in [0.4, 0.5) is 5.69 Å². The molecule has 212 valence electrons. The lowest BCUT2D eigenvalue weighted by Gasteiger charge is -2.36. The summed E-state index contributed by atoms with van der Waals surface area (Å²) in [6.45, 7) is 4.56. The first-order valence-electron chi connectivity index (χ1n) is 13.8. The van der Waals surface area contributed by atoms with E-state index in [0.717, 1.165) is 54.6 Å². The second-order valence-electron chi connectivity index (χ2n) is 9.99. The topological polar surface area (TPSA) is 110 Å². The summed E-state index contributed by atoms with van der Waals surface area (Å²) in [6.07, 6.45) is 5.78. The highest BCUT2D eigenvalue weighted by atomic mass is 16.5. The van der Waals surface area contributed by atoms with Gasteiger partial charge in [0.25, 0.3) is 11.8 Å². The number of fused-ring (bicyclic) bond motifs is 1. The van der Waals surface area contributed by atoms with Crippen LogP contribution in [0.25, 0.3) is 17.0 Å². The molecule has 1 saturated heterocycles. The van der Waals surface area contributed by atoms with Gasteiger partial charge in [-0.3, -0.25) is 14.8 Å². The third kappa shape index (κ3) is 7.53. The van der Waals surface area contributed by atoms with E-state index in [9.17, 15) is 9.59 Å². The number of amides is 2. The molecule has 0 atom stereocenters. The normalized spacial score (nSPS) is 13.6. The van der Waals surface area contributed by atoms with Crippen LogP contribution in [0.2, 0.25) is 0 Å². The fourth-order valence-electron chi connectivity index (χ4n) is 4.95. The molecule has 0 saturated carbocycles. The summed E-state index contributed by atoms with van der Waals surface area (Å²) >= 11 is 0. The molecule has 1 aliphatic rings. The molecule has 4 N–H and O–H groups in total. The number of ether oxygens (including phenoxy) is 1. The average Bonchev–Trinajstić information content (AvgIpc) is 3.44. The molecular formula is C32H35N5O4.